The summed E-state index contributed by atoms with van der Waals surface area (Å²) < 4.78 is 5.63. The molecule has 0 heterocycles. The third kappa shape index (κ3) is 5.06. The first-order valence-electron chi connectivity index (χ1n) is 7.01. The minimum absolute atomic E-state index is 0.529. The van der Waals surface area contributed by atoms with Crippen LogP contribution in [0.2, 0.25) is 0 Å². The molecule has 0 bridgehead atoms. The van der Waals surface area contributed by atoms with Crippen LogP contribution in [0, 0.1) is 0 Å². The van der Waals surface area contributed by atoms with Crippen LogP contribution >= 0.6 is 0 Å². The van der Waals surface area contributed by atoms with Gasteiger partial charge >= 0.3 is 0 Å². The average molecular weight is 270 g/mol. The quantitative estimate of drug-likeness (QED) is 0.864. The lowest BCUT2D eigenvalue weighted by molar-refractivity contribution is 0.0553. The first-order chi connectivity index (χ1) is 9.53. The molecule has 0 aliphatic heterocycles. The van der Waals surface area contributed by atoms with Gasteiger partial charge in [-0.1, -0.05) is 42.5 Å². The molecule has 0 saturated carbocycles. The molecule has 106 valence electrons. The van der Waals surface area contributed by atoms with Crippen molar-refractivity contribution in [3.05, 3.63) is 65.7 Å². The number of aliphatic hydroxyl groups is 1. The van der Waals surface area contributed by atoms with Crippen molar-refractivity contribution in [3.63, 3.8) is 0 Å². The molecule has 2 nitrogen and oxygen atoms in total. The second-order valence-corrected chi connectivity index (χ2v) is 5.72. The Morgan fingerprint density at radius 1 is 0.900 bits per heavy atom. The summed E-state index contributed by atoms with van der Waals surface area (Å²) in [6, 6.07) is 18.6. The van der Waals surface area contributed by atoms with Gasteiger partial charge in [-0.2, -0.15) is 0 Å². The van der Waals surface area contributed by atoms with E-state index in [1.54, 1.807) is 13.8 Å². The molecule has 0 amide bonds. The van der Waals surface area contributed by atoms with Crippen LogP contribution in [0.3, 0.4) is 0 Å². The van der Waals surface area contributed by atoms with Crippen LogP contribution < -0.4 is 4.74 Å². The molecule has 2 rings (SSSR count). The van der Waals surface area contributed by atoms with E-state index in [1.165, 1.54) is 11.1 Å². The van der Waals surface area contributed by atoms with Crippen molar-refractivity contribution < 1.29 is 9.84 Å². The van der Waals surface area contributed by atoms with Gasteiger partial charge in [0.25, 0.3) is 0 Å². The Morgan fingerprint density at radius 3 is 2.10 bits per heavy atom. The summed E-state index contributed by atoms with van der Waals surface area (Å²) in [6.07, 6.45) is 1.56. The van der Waals surface area contributed by atoms with Gasteiger partial charge in [0.2, 0.25) is 0 Å². The Morgan fingerprint density at radius 2 is 1.50 bits per heavy atom. The highest BCUT2D eigenvalue weighted by Gasteiger charge is 2.11. The summed E-state index contributed by atoms with van der Waals surface area (Å²) in [5.41, 5.74) is 1.90. The van der Waals surface area contributed by atoms with Gasteiger partial charge in [-0.15, -0.1) is 0 Å². The summed E-state index contributed by atoms with van der Waals surface area (Å²) in [7, 11) is 0. The highest BCUT2D eigenvalue weighted by molar-refractivity contribution is 5.31. The highest BCUT2D eigenvalue weighted by atomic mass is 16.5. The fraction of sp³-hybridized carbons (Fsp3) is 0.333. The minimum atomic E-state index is -0.673. The van der Waals surface area contributed by atoms with E-state index in [2.05, 4.69) is 36.4 Å². The molecule has 0 aliphatic rings. The Hall–Kier alpha value is -1.80. The van der Waals surface area contributed by atoms with Crippen molar-refractivity contribution in [2.24, 2.45) is 0 Å². The Kier molecular flexibility index (Phi) is 4.80. The molecule has 2 aromatic carbocycles. The van der Waals surface area contributed by atoms with E-state index in [9.17, 15) is 5.11 Å². The summed E-state index contributed by atoms with van der Waals surface area (Å²) in [4.78, 5) is 0. The SMILES string of the molecule is CC(C)(O)CCOc1ccc(Cc2ccccc2)cc1. The minimum Gasteiger partial charge on any atom is -0.493 e. The van der Waals surface area contributed by atoms with E-state index in [-0.39, 0.29) is 0 Å². The Balaban J connectivity index is 1.87. The van der Waals surface area contributed by atoms with Gasteiger partial charge in [-0.05, 0) is 43.5 Å². The second kappa shape index (κ2) is 6.58. The molecule has 20 heavy (non-hydrogen) atoms. The van der Waals surface area contributed by atoms with E-state index in [4.69, 9.17) is 4.74 Å². The maximum atomic E-state index is 9.62. The largest absolute Gasteiger partial charge is 0.493 e. The zero-order valence-electron chi connectivity index (χ0n) is 12.2. The Bertz CT molecular complexity index is 509. The van der Waals surface area contributed by atoms with Gasteiger partial charge in [-0.3, -0.25) is 0 Å². The third-order valence-corrected chi connectivity index (χ3v) is 3.16. The smallest absolute Gasteiger partial charge is 0.119 e. The third-order valence-electron chi connectivity index (χ3n) is 3.16. The van der Waals surface area contributed by atoms with Gasteiger partial charge in [0.15, 0.2) is 0 Å². The fourth-order valence-electron chi connectivity index (χ4n) is 1.95. The molecule has 0 aromatic heterocycles. The van der Waals surface area contributed by atoms with Gasteiger partial charge < -0.3 is 9.84 Å². The van der Waals surface area contributed by atoms with Crippen molar-refractivity contribution in [3.8, 4) is 5.75 Å². The standard InChI is InChI=1S/C18H22O2/c1-18(2,19)12-13-20-17-10-8-16(9-11-17)14-15-6-4-3-5-7-15/h3-11,19H,12-14H2,1-2H3. The van der Waals surface area contributed by atoms with E-state index in [1.807, 2.05) is 18.2 Å². The van der Waals surface area contributed by atoms with Crippen LogP contribution in [0.1, 0.15) is 31.4 Å². The maximum absolute atomic E-state index is 9.62. The average Bonchev–Trinajstić information content (AvgIpc) is 2.41. The van der Waals surface area contributed by atoms with Crippen LogP contribution in [0.25, 0.3) is 0 Å². The van der Waals surface area contributed by atoms with Crippen LogP contribution in [-0.2, 0) is 6.42 Å². The van der Waals surface area contributed by atoms with Gasteiger partial charge in [0.1, 0.15) is 5.75 Å². The number of hydrogen-bond donors (Lipinski definition) is 1. The van der Waals surface area contributed by atoms with Crippen molar-refractivity contribution in [2.75, 3.05) is 6.61 Å². The number of rotatable bonds is 6. The zero-order valence-corrected chi connectivity index (χ0v) is 12.2. The first kappa shape index (κ1) is 14.6. The van der Waals surface area contributed by atoms with Crippen LogP contribution in [-0.4, -0.2) is 17.3 Å². The summed E-state index contributed by atoms with van der Waals surface area (Å²) in [6.45, 7) is 4.11. The topological polar surface area (TPSA) is 29.5 Å². The molecule has 2 aromatic rings. The van der Waals surface area contributed by atoms with Crippen LogP contribution in [0.15, 0.2) is 54.6 Å². The monoisotopic (exact) mass is 270 g/mol. The lowest BCUT2D eigenvalue weighted by Gasteiger charge is -2.17. The fourth-order valence-corrected chi connectivity index (χ4v) is 1.95. The molecule has 0 aliphatic carbocycles. The van der Waals surface area contributed by atoms with E-state index in [0.717, 1.165) is 12.2 Å². The molecule has 0 saturated heterocycles. The maximum Gasteiger partial charge on any atom is 0.119 e. The second-order valence-electron chi connectivity index (χ2n) is 5.72. The zero-order chi connectivity index (χ0) is 14.4. The predicted octanol–water partition coefficient (Wildman–Crippen LogP) is 3.82. The number of ether oxygens (including phenoxy) is 1. The molecule has 2 heteroatoms. The van der Waals surface area contributed by atoms with Crippen molar-refractivity contribution in [1.29, 1.82) is 0 Å². The first-order valence-corrected chi connectivity index (χ1v) is 7.01. The van der Waals surface area contributed by atoms with E-state index >= 15 is 0 Å². The molecule has 0 unspecified atom stereocenters. The van der Waals surface area contributed by atoms with Crippen molar-refractivity contribution in [2.45, 2.75) is 32.3 Å². The normalized spacial score (nSPS) is 11.3. The molecule has 0 spiro atoms. The van der Waals surface area contributed by atoms with Crippen molar-refractivity contribution >= 4 is 0 Å². The summed E-state index contributed by atoms with van der Waals surface area (Å²) in [5.74, 6) is 0.853. The lowest BCUT2D eigenvalue weighted by Crippen LogP contribution is -2.21. The van der Waals surface area contributed by atoms with E-state index < -0.39 is 5.60 Å². The van der Waals surface area contributed by atoms with Gasteiger partial charge in [0.05, 0.1) is 12.2 Å². The summed E-state index contributed by atoms with van der Waals surface area (Å²) >= 11 is 0. The predicted molar refractivity (Wildman–Crippen MR) is 82.1 cm³/mol. The molecule has 1 N–H and O–H groups in total. The lowest BCUT2D eigenvalue weighted by atomic mass is 10.1. The van der Waals surface area contributed by atoms with Crippen molar-refractivity contribution in [1.82, 2.24) is 0 Å². The molecule has 0 radical (unpaired) electrons. The van der Waals surface area contributed by atoms with Gasteiger partial charge in [-0.25, -0.2) is 0 Å². The van der Waals surface area contributed by atoms with Crippen LogP contribution in [0.4, 0.5) is 0 Å². The number of hydrogen-bond acceptors (Lipinski definition) is 2. The summed E-state index contributed by atoms with van der Waals surface area (Å²) in [5, 5.41) is 9.62. The van der Waals surface area contributed by atoms with Gasteiger partial charge in [0, 0.05) is 6.42 Å². The molecular formula is C18H22O2. The van der Waals surface area contributed by atoms with E-state index in [0.29, 0.717) is 13.0 Å². The number of benzene rings is 2. The Labute approximate surface area is 121 Å². The highest BCUT2D eigenvalue weighted by Crippen LogP contribution is 2.16. The molecule has 0 atom stereocenters. The molecule has 0 fully saturated rings. The van der Waals surface area contributed by atoms with Crippen LogP contribution in [0.5, 0.6) is 5.75 Å². The molecular weight excluding hydrogens is 248 g/mol.